The summed E-state index contributed by atoms with van der Waals surface area (Å²) in [6.07, 6.45) is 1.46. The van der Waals surface area contributed by atoms with Crippen LogP contribution in [0, 0.1) is 0 Å². The lowest BCUT2D eigenvalue weighted by atomic mass is 10.2. The monoisotopic (exact) mass is 386 g/mol. The highest BCUT2D eigenvalue weighted by Crippen LogP contribution is 2.13. The summed E-state index contributed by atoms with van der Waals surface area (Å²) in [5.74, 6) is -0.197. The van der Waals surface area contributed by atoms with Gasteiger partial charge in [0.15, 0.2) is 5.76 Å². The van der Waals surface area contributed by atoms with Gasteiger partial charge in [0.05, 0.1) is 12.0 Å². The topological polar surface area (TPSA) is 97.4 Å². The summed E-state index contributed by atoms with van der Waals surface area (Å²) in [6, 6.07) is 10.2. The molecule has 0 radical (unpaired) electrons. The van der Waals surface area contributed by atoms with E-state index in [2.05, 4.69) is 15.4 Å². The molecule has 3 aromatic rings. The second-order valence-corrected chi connectivity index (χ2v) is 6.38. The third kappa shape index (κ3) is 3.54. The van der Waals surface area contributed by atoms with Crippen molar-refractivity contribution in [1.82, 2.24) is 30.0 Å². The predicted molar refractivity (Wildman–Crippen MR) is 94.7 cm³/mol. The lowest BCUT2D eigenvalue weighted by Gasteiger charge is -2.33. The van der Waals surface area contributed by atoms with Crippen LogP contribution in [0.25, 0.3) is 5.69 Å². The smallest absolute Gasteiger partial charge is 0.295 e. The summed E-state index contributed by atoms with van der Waals surface area (Å²) in [6.45, 7) is 1.61. The molecule has 1 saturated heterocycles. The fraction of sp³-hybridized carbons (Fsp3) is 0.235. The minimum Gasteiger partial charge on any atom is -0.459 e. The van der Waals surface area contributed by atoms with Gasteiger partial charge in [0, 0.05) is 31.2 Å². The summed E-state index contributed by atoms with van der Waals surface area (Å²) in [4.78, 5) is 29.4. The van der Waals surface area contributed by atoms with Crippen molar-refractivity contribution < 1.29 is 14.0 Å². The summed E-state index contributed by atoms with van der Waals surface area (Å²) in [7, 11) is 0. The number of aromatic nitrogens is 4. The minimum atomic E-state index is -0.319. The van der Waals surface area contributed by atoms with Crippen molar-refractivity contribution in [3.05, 3.63) is 59.3 Å². The van der Waals surface area contributed by atoms with Crippen LogP contribution in [0.1, 0.15) is 21.2 Å². The molecule has 138 valence electrons. The predicted octanol–water partition coefficient (Wildman–Crippen LogP) is 1.51. The Kier molecular flexibility index (Phi) is 4.59. The summed E-state index contributed by atoms with van der Waals surface area (Å²) >= 11 is 5.86. The van der Waals surface area contributed by atoms with E-state index in [9.17, 15) is 9.59 Å². The van der Waals surface area contributed by atoms with Gasteiger partial charge in [-0.1, -0.05) is 11.6 Å². The molecule has 0 spiro atoms. The van der Waals surface area contributed by atoms with Gasteiger partial charge >= 0.3 is 0 Å². The number of nitrogens with zero attached hydrogens (tertiary/aromatic N) is 6. The van der Waals surface area contributed by atoms with E-state index < -0.39 is 0 Å². The van der Waals surface area contributed by atoms with Gasteiger partial charge in [-0.25, -0.2) is 0 Å². The van der Waals surface area contributed by atoms with Gasteiger partial charge in [-0.2, -0.15) is 0 Å². The van der Waals surface area contributed by atoms with Crippen LogP contribution in [0.3, 0.4) is 0 Å². The van der Waals surface area contributed by atoms with Crippen molar-refractivity contribution in [2.45, 2.75) is 0 Å². The number of furan rings is 1. The van der Waals surface area contributed by atoms with Crippen LogP contribution >= 0.6 is 11.6 Å². The molecular weight excluding hydrogens is 372 g/mol. The number of hydrogen-bond acceptors (Lipinski definition) is 6. The van der Waals surface area contributed by atoms with Crippen LogP contribution in [-0.4, -0.2) is 68.0 Å². The Morgan fingerprint density at radius 3 is 2.26 bits per heavy atom. The highest BCUT2D eigenvalue weighted by Gasteiger charge is 2.28. The Labute approximate surface area is 159 Å². The second kappa shape index (κ2) is 7.20. The van der Waals surface area contributed by atoms with E-state index in [1.807, 2.05) is 0 Å². The first-order chi connectivity index (χ1) is 13.1. The number of tetrazole rings is 1. The van der Waals surface area contributed by atoms with Crippen molar-refractivity contribution in [3.63, 3.8) is 0 Å². The minimum absolute atomic E-state index is 0.00996. The molecule has 0 saturated carbocycles. The van der Waals surface area contributed by atoms with E-state index in [0.717, 1.165) is 0 Å². The number of amides is 2. The van der Waals surface area contributed by atoms with E-state index >= 15 is 0 Å². The van der Waals surface area contributed by atoms with Gasteiger partial charge in [-0.3, -0.25) is 9.59 Å². The average molecular weight is 387 g/mol. The number of carbonyl (C=O) groups is 2. The fourth-order valence-corrected chi connectivity index (χ4v) is 2.92. The van der Waals surface area contributed by atoms with Gasteiger partial charge in [-0.15, -0.1) is 15.0 Å². The standard InChI is InChI=1S/C17H15ClN6O3/c18-12-3-5-13(6-4-12)24-20-15(19-21-24)17(26)23-9-7-22(8-10-23)16(25)14-2-1-11-27-14/h1-6,11H,7-10H2. The Bertz CT molecular complexity index is 945. The Balaban J connectivity index is 1.40. The molecule has 1 aromatic carbocycles. The quantitative estimate of drug-likeness (QED) is 0.676. The molecule has 1 fully saturated rings. The number of rotatable bonds is 3. The van der Waals surface area contributed by atoms with E-state index in [4.69, 9.17) is 16.0 Å². The molecule has 0 N–H and O–H groups in total. The Morgan fingerprint density at radius 1 is 0.963 bits per heavy atom. The summed E-state index contributed by atoms with van der Waals surface area (Å²) in [5.41, 5.74) is 0.653. The molecule has 1 aliphatic rings. The van der Waals surface area contributed by atoms with Gasteiger partial charge in [0.1, 0.15) is 0 Å². The van der Waals surface area contributed by atoms with E-state index in [-0.39, 0.29) is 17.6 Å². The number of hydrogen-bond donors (Lipinski definition) is 0. The maximum Gasteiger partial charge on any atom is 0.295 e. The molecule has 0 atom stereocenters. The van der Waals surface area contributed by atoms with Crippen molar-refractivity contribution >= 4 is 23.4 Å². The molecule has 10 heteroatoms. The zero-order valence-corrected chi connectivity index (χ0v) is 14.9. The van der Waals surface area contributed by atoms with Crippen LogP contribution in [-0.2, 0) is 0 Å². The summed E-state index contributed by atoms with van der Waals surface area (Å²) < 4.78 is 5.13. The van der Waals surface area contributed by atoms with Crippen LogP contribution < -0.4 is 0 Å². The molecule has 2 aromatic heterocycles. The van der Waals surface area contributed by atoms with Crippen LogP contribution in [0.4, 0.5) is 0 Å². The lowest BCUT2D eigenvalue weighted by molar-refractivity contribution is 0.0512. The van der Waals surface area contributed by atoms with Crippen molar-refractivity contribution in [2.24, 2.45) is 0 Å². The highest BCUT2D eigenvalue weighted by atomic mass is 35.5. The zero-order valence-electron chi connectivity index (χ0n) is 14.2. The van der Waals surface area contributed by atoms with Gasteiger partial charge < -0.3 is 14.2 Å². The molecule has 27 heavy (non-hydrogen) atoms. The van der Waals surface area contributed by atoms with E-state index in [0.29, 0.717) is 42.6 Å². The average Bonchev–Trinajstić information content (AvgIpc) is 3.40. The van der Waals surface area contributed by atoms with E-state index in [1.165, 1.54) is 11.1 Å². The SMILES string of the molecule is O=C(c1nnn(-c2ccc(Cl)cc2)n1)N1CCN(C(=O)c2ccco2)CC1. The fourth-order valence-electron chi connectivity index (χ4n) is 2.79. The van der Waals surface area contributed by atoms with Crippen molar-refractivity contribution in [3.8, 4) is 5.69 Å². The van der Waals surface area contributed by atoms with Crippen LogP contribution in [0.5, 0.6) is 0 Å². The third-order valence-electron chi connectivity index (χ3n) is 4.25. The normalized spacial score (nSPS) is 14.4. The first-order valence-corrected chi connectivity index (χ1v) is 8.67. The Hall–Kier alpha value is -3.20. The molecule has 0 aliphatic carbocycles. The number of halogens is 1. The van der Waals surface area contributed by atoms with Gasteiger partial charge in [0.25, 0.3) is 17.6 Å². The molecule has 1 aliphatic heterocycles. The van der Waals surface area contributed by atoms with Crippen molar-refractivity contribution in [1.29, 1.82) is 0 Å². The zero-order chi connectivity index (χ0) is 18.8. The van der Waals surface area contributed by atoms with Gasteiger partial charge in [-0.05, 0) is 41.6 Å². The number of benzene rings is 1. The van der Waals surface area contributed by atoms with Crippen molar-refractivity contribution in [2.75, 3.05) is 26.2 Å². The maximum atomic E-state index is 12.6. The molecule has 4 rings (SSSR count). The van der Waals surface area contributed by atoms with Crippen LogP contribution in [0.2, 0.25) is 5.02 Å². The Morgan fingerprint density at radius 2 is 1.63 bits per heavy atom. The first-order valence-electron chi connectivity index (χ1n) is 8.30. The first kappa shape index (κ1) is 17.2. The number of carbonyl (C=O) groups excluding carboxylic acids is 2. The largest absolute Gasteiger partial charge is 0.459 e. The molecule has 9 nitrogen and oxygen atoms in total. The molecule has 0 bridgehead atoms. The molecule has 3 heterocycles. The molecular formula is C17H15ClN6O3. The number of piperazine rings is 1. The summed E-state index contributed by atoms with van der Waals surface area (Å²) in [5, 5.41) is 12.5. The molecule has 0 unspecified atom stereocenters. The lowest BCUT2D eigenvalue weighted by Crippen LogP contribution is -2.50. The van der Waals surface area contributed by atoms with Gasteiger partial charge in [0.2, 0.25) is 0 Å². The highest BCUT2D eigenvalue weighted by molar-refractivity contribution is 6.30. The maximum absolute atomic E-state index is 12.6. The third-order valence-corrected chi connectivity index (χ3v) is 4.50. The van der Waals surface area contributed by atoms with Crippen LogP contribution in [0.15, 0.2) is 47.1 Å². The molecule has 2 amide bonds. The second-order valence-electron chi connectivity index (χ2n) is 5.94. The van der Waals surface area contributed by atoms with E-state index in [1.54, 1.807) is 46.2 Å².